The Bertz CT molecular complexity index is 1260. The summed E-state index contributed by atoms with van der Waals surface area (Å²) in [6, 6.07) is 11.2. The minimum atomic E-state index is -1.81. The zero-order valence-electron chi connectivity index (χ0n) is 21.2. The van der Waals surface area contributed by atoms with Crippen molar-refractivity contribution < 1.29 is 23.9 Å². The Morgan fingerprint density at radius 2 is 1.78 bits per heavy atom. The van der Waals surface area contributed by atoms with Crippen LogP contribution in [0.5, 0.6) is 0 Å². The lowest BCUT2D eigenvalue weighted by Crippen LogP contribution is -2.52. The first-order valence-electron chi connectivity index (χ1n) is 12.3. The average Bonchev–Trinajstić information content (AvgIpc) is 3.22. The molecular weight excluding hydrogens is 461 g/mol. The molecule has 1 spiro atoms. The lowest BCUT2D eigenvalue weighted by Gasteiger charge is -2.34. The Kier molecular flexibility index (Phi) is 7.00. The molecule has 1 fully saturated rings. The quantitative estimate of drug-likeness (QED) is 0.344. The van der Waals surface area contributed by atoms with Crippen LogP contribution in [0.3, 0.4) is 0 Å². The Labute approximate surface area is 210 Å². The lowest BCUT2D eigenvalue weighted by atomic mass is 9.81. The molecule has 1 N–H and O–H groups in total. The third-order valence-electron chi connectivity index (χ3n) is 6.98. The number of aryl methyl sites for hydroxylation is 1. The molecule has 2 aliphatic heterocycles. The van der Waals surface area contributed by atoms with Crippen molar-refractivity contribution in [3.63, 3.8) is 0 Å². The molecule has 2 aromatic carbocycles. The number of fused-ring (bicyclic) bond motifs is 2. The molecule has 2 amide bonds. The van der Waals surface area contributed by atoms with Gasteiger partial charge >= 0.3 is 0 Å². The van der Waals surface area contributed by atoms with Crippen molar-refractivity contribution in [1.82, 2.24) is 9.80 Å². The summed E-state index contributed by atoms with van der Waals surface area (Å²) < 4.78 is 14.4. The van der Waals surface area contributed by atoms with E-state index < -0.39 is 34.7 Å². The van der Waals surface area contributed by atoms with Crippen molar-refractivity contribution in [2.45, 2.75) is 38.6 Å². The molecule has 0 saturated carbocycles. The van der Waals surface area contributed by atoms with Crippen LogP contribution < -0.4 is 4.90 Å². The highest BCUT2D eigenvalue weighted by Crippen LogP contribution is 2.53. The van der Waals surface area contributed by atoms with Gasteiger partial charge in [-0.15, -0.1) is 0 Å². The molecule has 1 saturated heterocycles. The third kappa shape index (κ3) is 3.89. The zero-order chi connectivity index (χ0) is 26.2. The highest BCUT2D eigenvalue weighted by atomic mass is 19.1. The Hall–Kier alpha value is -3.52. The molecule has 0 unspecified atom stereocenters. The topological polar surface area (TPSA) is 81.2 Å². The number of likely N-dealkylation sites (tertiary alicyclic amines) is 1. The van der Waals surface area contributed by atoms with E-state index in [4.69, 9.17) is 0 Å². The predicted octanol–water partition coefficient (Wildman–Crippen LogP) is 3.81. The van der Waals surface area contributed by atoms with Crippen molar-refractivity contribution in [2.24, 2.45) is 0 Å². The summed E-state index contributed by atoms with van der Waals surface area (Å²) in [5.41, 5.74) is -0.617. The Morgan fingerprint density at radius 1 is 1.06 bits per heavy atom. The van der Waals surface area contributed by atoms with Crippen molar-refractivity contribution in [1.29, 1.82) is 0 Å². The molecule has 4 rings (SSSR count). The molecule has 2 heterocycles. The van der Waals surface area contributed by atoms with E-state index >= 15 is 0 Å². The second kappa shape index (κ2) is 9.85. The molecule has 2 aliphatic rings. The van der Waals surface area contributed by atoms with Gasteiger partial charge in [-0.05, 0) is 58.1 Å². The van der Waals surface area contributed by atoms with Crippen LogP contribution in [0, 0.1) is 12.7 Å². The van der Waals surface area contributed by atoms with E-state index in [1.165, 1.54) is 17.0 Å². The fraction of sp³-hybridized carbons (Fsp3) is 0.393. The van der Waals surface area contributed by atoms with Crippen LogP contribution in [0.15, 0.2) is 48.0 Å². The molecule has 0 radical (unpaired) electrons. The summed E-state index contributed by atoms with van der Waals surface area (Å²) in [6.45, 7) is 4.79. The molecule has 2 aromatic rings. The number of nitrogens with zero attached hydrogens (tertiary/aromatic N) is 3. The van der Waals surface area contributed by atoms with Gasteiger partial charge in [0.25, 0.3) is 17.6 Å². The van der Waals surface area contributed by atoms with E-state index in [1.54, 1.807) is 36.1 Å². The van der Waals surface area contributed by atoms with E-state index in [0.29, 0.717) is 36.3 Å². The minimum absolute atomic E-state index is 0.0426. The van der Waals surface area contributed by atoms with Gasteiger partial charge in [0.15, 0.2) is 5.54 Å². The normalized spacial score (nSPS) is 20.8. The van der Waals surface area contributed by atoms with Crippen LogP contribution in [0.2, 0.25) is 0 Å². The van der Waals surface area contributed by atoms with Crippen LogP contribution in [-0.2, 0) is 19.9 Å². The molecule has 0 aliphatic carbocycles. The van der Waals surface area contributed by atoms with Crippen molar-refractivity contribution in [3.05, 3.63) is 70.5 Å². The summed E-state index contributed by atoms with van der Waals surface area (Å²) in [7, 11) is 3.80. The second-order valence-corrected chi connectivity index (χ2v) is 9.67. The molecular formula is C28H32FN3O4. The van der Waals surface area contributed by atoms with E-state index in [2.05, 4.69) is 0 Å². The molecule has 1 atom stereocenters. The van der Waals surface area contributed by atoms with Gasteiger partial charge in [-0.1, -0.05) is 43.7 Å². The maximum Gasteiger partial charge on any atom is 0.296 e. The SMILES string of the molecule is CCCCN1C(=O)[C@@]2(C(=C(O)c3ccc(C)c(F)c3)C(=O)C(=O)N2CCCN(C)C)c2ccccc21. The van der Waals surface area contributed by atoms with Gasteiger partial charge < -0.3 is 19.8 Å². The standard InChI is InChI=1S/C28H32FN3O4/c1-5-6-15-31-22-11-8-7-10-20(22)28(27(31)36)23(24(33)19-13-12-18(2)21(29)17-19)25(34)26(35)32(28)16-9-14-30(3)4/h7-8,10-13,17,33H,5-6,9,14-16H2,1-4H3/t28-/m0/s1. The number of benzene rings is 2. The highest BCUT2D eigenvalue weighted by Gasteiger charge is 2.66. The van der Waals surface area contributed by atoms with Gasteiger partial charge in [0.2, 0.25) is 0 Å². The summed E-state index contributed by atoms with van der Waals surface area (Å²) in [5.74, 6) is -3.35. The van der Waals surface area contributed by atoms with E-state index in [1.807, 2.05) is 25.9 Å². The van der Waals surface area contributed by atoms with Crippen LogP contribution >= 0.6 is 0 Å². The van der Waals surface area contributed by atoms with E-state index in [-0.39, 0.29) is 17.7 Å². The minimum Gasteiger partial charge on any atom is -0.507 e. The monoisotopic (exact) mass is 493 g/mol. The fourth-order valence-corrected chi connectivity index (χ4v) is 5.13. The van der Waals surface area contributed by atoms with Gasteiger partial charge in [0.1, 0.15) is 11.6 Å². The number of rotatable bonds is 8. The predicted molar refractivity (Wildman–Crippen MR) is 136 cm³/mol. The number of ketones is 1. The van der Waals surface area contributed by atoms with Crippen LogP contribution in [0.25, 0.3) is 5.76 Å². The first-order valence-corrected chi connectivity index (χ1v) is 12.3. The molecule has 36 heavy (non-hydrogen) atoms. The molecule has 8 heteroatoms. The number of hydrogen-bond acceptors (Lipinski definition) is 5. The van der Waals surface area contributed by atoms with Crippen molar-refractivity contribution in [3.8, 4) is 0 Å². The van der Waals surface area contributed by atoms with Crippen molar-refractivity contribution >= 4 is 29.0 Å². The van der Waals surface area contributed by atoms with Gasteiger partial charge in [-0.25, -0.2) is 4.39 Å². The third-order valence-corrected chi connectivity index (χ3v) is 6.98. The first-order chi connectivity index (χ1) is 17.2. The molecule has 190 valence electrons. The number of anilines is 1. The van der Waals surface area contributed by atoms with Crippen molar-refractivity contribution in [2.75, 3.05) is 38.6 Å². The number of hydrogen-bond donors (Lipinski definition) is 1. The molecule has 7 nitrogen and oxygen atoms in total. The average molecular weight is 494 g/mol. The molecule has 0 aromatic heterocycles. The first kappa shape index (κ1) is 25.6. The smallest absolute Gasteiger partial charge is 0.296 e. The number of para-hydroxylation sites is 1. The number of amides is 2. The number of aliphatic hydroxyl groups is 1. The highest BCUT2D eigenvalue weighted by molar-refractivity contribution is 6.50. The van der Waals surface area contributed by atoms with Crippen LogP contribution in [-0.4, -0.2) is 66.2 Å². The van der Waals surface area contributed by atoms with E-state index in [9.17, 15) is 23.9 Å². The summed E-state index contributed by atoms with van der Waals surface area (Å²) in [6.07, 6.45) is 2.10. The number of halogens is 1. The van der Waals surface area contributed by atoms with E-state index in [0.717, 1.165) is 18.9 Å². The van der Waals surface area contributed by atoms with Gasteiger partial charge in [0, 0.05) is 24.2 Å². The Morgan fingerprint density at radius 3 is 2.44 bits per heavy atom. The summed E-state index contributed by atoms with van der Waals surface area (Å²) >= 11 is 0. The summed E-state index contributed by atoms with van der Waals surface area (Å²) in [4.78, 5) is 46.2. The number of Topliss-reactive ketones (excluding diaryl/α,β-unsaturated/α-hetero) is 1. The number of unbranched alkanes of at least 4 members (excludes halogenated alkanes) is 1. The lowest BCUT2D eigenvalue weighted by molar-refractivity contribution is -0.143. The van der Waals surface area contributed by atoms with Gasteiger partial charge in [-0.2, -0.15) is 0 Å². The van der Waals surface area contributed by atoms with Gasteiger partial charge in [-0.3, -0.25) is 14.4 Å². The largest absolute Gasteiger partial charge is 0.507 e. The van der Waals surface area contributed by atoms with Gasteiger partial charge in [0.05, 0.1) is 11.3 Å². The summed E-state index contributed by atoms with van der Waals surface area (Å²) in [5, 5.41) is 11.4. The van der Waals surface area contributed by atoms with Crippen LogP contribution in [0.4, 0.5) is 10.1 Å². The number of carbonyl (C=O) groups is 3. The zero-order valence-corrected chi connectivity index (χ0v) is 21.2. The Balaban J connectivity index is 1.99. The fourth-order valence-electron chi connectivity index (χ4n) is 5.13. The molecule has 0 bridgehead atoms. The number of carbonyl (C=O) groups excluding carboxylic acids is 3. The maximum absolute atomic E-state index is 14.4. The number of aliphatic hydroxyl groups excluding tert-OH is 1. The maximum atomic E-state index is 14.4. The second-order valence-electron chi connectivity index (χ2n) is 9.67. The van der Waals surface area contributed by atoms with Crippen LogP contribution in [0.1, 0.15) is 42.9 Å².